The molecule has 0 aliphatic carbocycles. The lowest BCUT2D eigenvalue weighted by Gasteiger charge is -2.16. The van der Waals surface area contributed by atoms with E-state index in [9.17, 15) is 5.11 Å². The van der Waals surface area contributed by atoms with Crippen LogP contribution in [0, 0.1) is 0 Å². The number of rotatable bonds is 2. The molecule has 2 N–H and O–H groups in total. The highest BCUT2D eigenvalue weighted by atomic mass is 79.9. The third-order valence-corrected chi connectivity index (χ3v) is 3.68. The maximum Gasteiger partial charge on any atom is 0.138 e. The second-order valence-corrected chi connectivity index (χ2v) is 5.45. The number of hydrogen-bond acceptors (Lipinski definition) is 3. The monoisotopic (exact) mass is 307 g/mol. The van der Waals surface area contributed by atoms with E-state index in [1.165, 1.54) is 5.39 Å². The summed E-state index contributed by atoms with van der Waals surface area (Å²) in [7, 11) is 0. The van der Waals surface area contributed by atoms with E-state index in [0.717, 1.165) is 15.6 Å². The summed E-state index contributed by atoms with van der Waals surface area (Å²) in [6.07, 6.45) is -0.580. The summed E-state index contributed by atoms with van der Waals surface area (Å²) in [6, 6.07) is 12.1. The molecule has 3 nitrogen and oxygen atoms in total. The Bertz CT molecular complexity index is 573. The summed E-state index contributed by atoms with van der Waals surface area (Å²) in [5.74, 6) is 0.803. The highest BCUT2D eigenvalue weighted by Gasteiger charge is 2.26. The summed E-state index contributed by atoms with van der Waals surface area (Å²) >= 11 is 3.46. The van der Waals surface area contributed by atoms with E-state index >= 15 is 0 Å². The van der Waals surface area contributed by atoms with Gasteiger partial charge in [-0.05, 0) is 35.0 Å². The van der Waals surface area contributed by atoms with Crippen LogP contribution in [0.1, 0.15) is 0 Å². The van der Waals surface area contributed by atoms with Crippen molar-refractivity contribution in [2.24, 2.45) is 0 Å². The van der Waals surface area contributed by atoms with Gasteiger partial charge in [0, 0.05) is 17.6 Å². The smallest absolute Gasteiger partial charge is 0.138 e. The molecule has 3 rings (SSSR count). The number of aliphatic hydroxyl groups is 1. The fourth-order valence-electron chi connectivity index (χ4n) is 2.20. The number of fused-ring (bicyclic) bond motifs is 1. The maximum absolute atomic E-state index is 9.71. The zero-order chi connectivity index (χ0) is 12.5. The molecule has 0 radical (unpaired) electrons. The second-order valence-electron chi connectivity index (χ2n) is 4.54. The number of aliphatic hydroxyl groups excluding tert-OH is 1. The van der Waals surface area contributed by atoms with E-state index in [2.05, 4.69) is 33.4 Å². The molecular weight excluding hydrogens is 294 g/mol. The second kappa shape index (κ2) is 4.88. The van der Waals surface area contributed by atoms with Gasteiger partial charge in [-0.25, -0.2) is 0 Å². The third kappa shape index (κ3) is 2.36. The molecule has 2 atom stereocenters. The lowest BCUT2D eigenvalue weighted by molar-refractivity contribution is 0.0738. The average Bonchev–Trinajstić information content (AvgIpc) is 2.75. The van der Waals surface area contributed by atoms with Crippen molar-refractivity contribution in [2.45, 2.75) is 12.2 Å². The average molecular weight is 308 g/mol. The number of halogens is 1. The fourth-order valence-corrected chi connectivity index (χ4v) is 2.58. The van der Waals surface area contributed by atoms with Crippen LogP contribution in [0.15, 0.2) is 40.9 Å². The summed E-state index contributed by atoms with van der Waals surface area (Å²) in [5.41, 5.74) is 0. The molecule has 2 aromatic rings. The zero-order valence-corrected chi connectivity index (χ0v) is 11.4. The van der Waals surface area contributed by atoms with Gasteiger partial charge in [0.25, 0.3) is 0 Å². The van der Waals surface area contributed by atoms with Crippen molar-refractivity contribution in [3.05, 3.63) is 40.9 Å². The molecule has 0 aromatic heterocycles. The van der Waals surface area contributed by atoms with E-state index in [4.69, 9.17) is 4.74 Å². The minimum Gasteiger partial charge on any atom is -0.486 e. The van der Waals surface area contributed by atoms with Gasteiger partial charge in [-0.2, -0.15) is 0 Å². The highest BCUT2D eigenvalue weighted by molar-refractivity contribution is 9.10. The van der Waals surface area contributed by atoms with E-state index in [1.807, 2.05) is 24.3 Å². The van der Waals surface area contributed by atoms with Crippen LogP contribution >= 0.6 is 15.9 Å². The Balaban J connectivity index is 1.86. The number of nitrogens with one attached hydrogen (secondary N) is 1. The van der Waals surface area contributed by atoms with E-state index in [-0.39, 0.29) is 6.10 Å². The standard InChI is InChI=1S/C14H14BrNO2/c15-11-3-1-10-6-12(4-2-9(10)5-11)18-14-8-16-7-13(14)17/h1-6,13-14,16-17H,7-8H2. The minimum atomic E-state index is -0.425. The van der Waals surface area contributed by atoms with Gasteiger partial charge in [0.2, 0.25) is 0 Å². The lowest BCUT2D eigenvalue weighted by atomic mass is 10.1. The van der Waals surface area contributed by atoms with E-state index in [0.29, 0.717) is 13.1 Å². The first-order valence-corrected chi connectivity index (χ1v) is 6.76. The topological polar surface area (TPSA) is 41.5 Å². The van der Waals surface area contributed by atoms with E-state index < -0.39 is 6.10 Å². The van der Waals surface area contributed by atoms with Crippen LogP contribution in [-0.4, -0.2) is 30.4 Å². The van der Waals surface area contributed by atoms with Crippen molar-refractivity contribution >= 4 is 26.7 Å². The fraction of sp³-hybridized carbons (Fsp3) is 0.286. The van der Waals surface area contributed by atoms with Crippen LogP contribution in [0.2, 0.25) is 0 Å². The number of ether oxygens (including phenoxy) is 1. The van der Waals surface area contributed by atoms with Crippen LogP contribution < -0.4 is 10.1 Å². The Morgan fingerprint density at radius 1 is 1.11 bits per heavy atom. The van der Waals surface area contributed by atoms with Gasteiger partial charge in [-0.3, -0.25) is 0 Å². The molecule has 1 aliphatic rings. The Hall–Kier alpha value is -1.10. The Kier molecular flexibility index (Phi) is 3.24. The van der Waals surface area contributed by atoms with Crippen molar-refractivity contribution in [2.75, 3.05) is 13.1 Å². The first-order valence-electron chi connectivity index (χ1n) is 5.97. The molecule has 0 bridgehead atoms. The molecular formula is C14H14BrNO2. The molecule has 94 valence electrons. The molecule has 1 aliphatic heterocycles. The molecule has 0 amide bonds. The Morgan fingerprint density at radius 3 is 2.67 bits per heavy atom. The molecule has 1 fully saturated rings. The number of β-amino-alcohol motifs (C(OH)–C–C–N with tert-alkyl or cyclic N) is 1. The van der Waals surface area contributed by atoms with Crippen LogP contribution in [0.5, 0.6) is 5.75 Å². The predicted octanol–water partition coefficient (Wildman–Crippen LogP) is 2.31. The molecule has 1 saturated heterocycles. The van der Waals surface area contributed by atoms with Crippen LogP contribution in [0.3, 0.4) is 0 Å². The number of hydrogen-bond donors (Lipinski definition) is 2. The van der Waals surface area contributed by atoms with Crippen molar-refractivity contribution in [1.29, 1.82) is 0 Å². The summed E-state index contributed by atoms with van der Waals surface area (Å²) in [5, 5.41) is 15.1. The summed E-state index contributed by atoms with van der Waals surface area (Å²) in [4.78, 5) is 0. The summed E-state index contributed by atoms with van der Waals surface area (Å²) < 4.78 is 6.87. The third-order valence-electron chi connectivity index (χ3n) is 3.19. The van der Waals surface area contributed by atoms with Gasteiger partial charge in [0.1, 0.15) is 18.0 Å². The van der Waals surface area contributed by atoms with Crippen LogP contribution in [0.4, 0.5) is 0 Å². The first kappa shape index (κ1) is 12.0. The molecule has 2 aromatic carbocycles. The van der Waals surface area contributed by atoms with Crippen LogP contribution in [-0.2, 0) is 0 Å². The van der Waals surface area contributed by atoms with Gasteiger partial charge in [0.15, 0.2) is 0 Å². The molecule has 4 heteroatoms. The largest absolute Gasteiger partial charge is 0.486 e. The predicted molar refractivity (Wildman–Crippen MR) is 74.9 cm³/mol. The zero-order valence-electron chi connectivity index (χ0n) is 9.77. The Morgan fingerprint density at radius 2 is 1.89 bits per heavy atom. The molecule has 0 saturated carbocycles. The molecule has 18 heavy (non-hydrogen) atoms. The molecule has 2 unspecified atom stereocenters. The first-order chi connectivity index (χ1) is 8.72. The van der Waals surface area contributed by atoms with Gasteiger partial charge >= 0.3 is 0 Å². The lowest BCUT2D eigenvalue weighted by Crippen LogP contribution is -2.29. The van der Waals surface area contributed by atoms with Crippen LogP contribution in [0.25, 0.3) is 10.8 Å². The van der Waals surface area contributed by atoms with Crippen molar-refractivity contribution < 1.29 is 9.84 Å². The van der Waals surface area contributed by atoms with Gasteiger partial charge in [0.05, 0.1) is 0 Å². The molecule has 1 heterocycles. The highest BCUT2D eigenvalue weighted by Crippen LogP contribution is 2.25. The Labute approximate surface area is 114 Å². The van der Waals surface area contributed by atoms with Gasteiger partial charge in [-0.1, -0.05) is 28.1 Å². The van der Waals surface area contributed by atoms with E-state index in [1.54, 1.807) is 0 Å². The van der Waals surface area contributed by atoms with Gasteiger partial charge < -0.3 is 15.2 Å². The number of benzene rings is 2. The van der Waals surface area contributed by atoms with Crippen molar-refractivity contribution in [3.63, 3.8) is 0 Å². The maximum atomic E-state index is 9.71. The quantitative estimate of drug-likeness (QED) is 0.894. The normalized spacial score (nSPS) is 23.4. The summed E-state index contributed by atoms with van der Waals surface area (Å²) in [6.45, 7) is 1.30. The minimum absolute atomic E-state index is 0.155. The van der Waals surface area contributed by atoms with Crippen molar-refractivity contribution in [3.8, 4) is 5.75 Å². The van der Waals surface area contributed by atoms with Gasteiger partial charge in [-0.15, -0.1) is 0 Å². The van der Waals surface area contributed by atoms with Crippen molar-refractivity contribution in [1.82, 2.24) is 5.32 Å². The molecule has 0 spiro atoms. The SMILES string of the molecule is OC1CNCC1Oc1ccc2cc(Br)ccc2c1.